The van der Waals surface area contributed by atoms with Gasteiger partial charge in [0.2, 0.25) is 11.9 Å². The third kappa shape index (κ3) is 8.96. The topological polar surface area (TPSA) is 101 Å². The highest BCUT2D eigenvalue weighted by Crippen LogP contribution is 2.30. The van der Waals surface area contributed by atoms with Crippen LogP contribution in [0.2, 0.25) is 0 Å². The second-order valence-electron chi connectivity index (χ2n) is 12.0. The number of nitrogens with one attached hydrogen (secondary N) is 1. The van der Waals surface area contributed by atoms with Crippen molar-refractivity contribution in [2.75, 3.05) is 20.2 Å². The summed E-state index contributed by atoms with van der Waals surface area (Å²) in [6.07, 6.45) is 7.74. The quantitative estimate of drug-likeness (QED) is 0.147. The highest BCUT2D eigenvalue weighted by molar-refractivity contribution is 6.07. The SMILES string of the molecule is CC(OC(=O)CN1Cc2cc(OCCCC(=O)N(C)C3CCCCCC3)ccc2N=C1NC(=O)c1ccccc1)c1ccccc1. The molecule has 1 heterocycles. The largest absolute Gasteiger partial charge is 0.494 e. The maximum absolute atomic E-state index is 13.1. The summed E-state index contributed by atoms with van der Waals surface area (Å²) in [5.74, 6) is 0.348. The number of carbonyl (C=O) groups excluding carboxylic acids is 3. The van der Waals surface area contributed by atoms with Crippen molar-refractivity contribution < 1.29 is 23.9 Å². The van der Waals surface area contributed by atoms with Crippen molar-refractivity contribution in [1.29, 1.82) is 0 Å². The Balaban J connectivity index is 1.22. The predicted molar refractivity (Wildman–Crippen MR) is 178 cm³/mol. The van der Waals surface area contributed by atoms with Gasteiger partial charge in [-0.05, 0) is 62.1 Å². The summed E-state index contributed by atoms with van der Waals surface area (Å²) >= 11 is 0. The molecule has 5 rings (SSSR count). The van der Waals surface area contributed by atoms with E-state index in [1.165, 1.54) is 25.7 Å². The second kappa shape index (κ2) is 16.1. The number of benzene rings is 3. The van der Waals surface area contributed by atoms with Crippen LogP contribution in [0.5, 0.6) is 5.75 Å². The molecule has 9 nitrogen and oxygen atoms in total. The lowest BCUT2D eigenvalue weighted by Gasteiger charge is -2.30. The van der Waals surface area contributed by atoms with Crippen LogP contribution in [0.25, 0.3) is 0 Å². The molecule has 46 heavy (non-hydrogen) atoms. The van der Waals surface area contributed by atoms with Gasteiger partial charge >= 0.3 is 5.97 Å². The van der Waals surface area contributed by atoms with Gasteiger partial charge < -0.3 is 19.3 Å². The zero-order chi connectivity index (χ0) is 32.3. The smallest absolute Gasteiger partial charge is 0.326 e. The Morgan fingerprint density at radius 2 is 1.65 bits per heavy atom. The molecule has 0 saturated heterocycles. The van der Waals surface area contributed by atoms with Gasteiger partial charge in [0.1, 0.15) is 18.4 Å². The molecule has 0 aromatic heterocycles. The predicted octanol–water partition coefficient (Wildman–Crippen LogP) is 6.56. The average Bonchev–Trinajstić information content (AvgIpc) is 3.37. The number of hydrogen-bond donors (Lipinski definition) is 1. The van der Waals surface area contributed by atoms with E-state index in [0.717, 1.165) is 24.0 Å². The molecule has 1 aliphatic carbocycles. The Morgan fingerprint density at radius 1 is 0.957 bits per heavy atom. The van der Waals surface area contributed by atoms with Gasteiger partial charge in [-0.1, -0.05) is 74.2 Å². The van der Waals surface area contributed by atoms with Crippen molar-refractivity contribution in [2.24, 2.45) is 4.99 Å². The molecule has 1 saturated carbocycles. The summed E-state index contributed by atoms with van der Waals surface area (Å²) in [6.45, 7) is 2.46. The summed E-state index contributed by atoms with van der Waals surface area (Å²) in [5, 5.41) is 2.88. The first-order chi connectivity index (χ1) is 22.4. The molecule has 1 N–H and O–H groups in total. The van der Waals surface area contributed by atoms with Crippen molar-refractivity contribution in [1.82, 2.24) is 15.1 Å². The third-order valence-corrected chi connectivity index (χ3v) is 8.67. The fourth-order valence-corrected chi connectivity index (χ4v) is 5.97. The van der Waals surface area contributed by atoms with Crippen LogP contribution in [0.4, 0.5) is 5.69 Å². The van der Waals surface area contributed by atoms with Crippen LogP contribution in [0.1, 0.15) is 85.9 Å². The molecule has 1 aliphatic heterocycles. The van der Waals surface area contributed by atoms with Crippen LogP contribution in [-0.4, -0.2) is 59.8 Å². The summed E-state index contributed by atoms with van der Waals surface area (Å²) in [6, 6.07) is 24.3. The Kier molecular flexibility index (Phi) is 11.4. The lowest BCUT2D eigenvalue weighted by Crippen LogP contribution is -2.47. The zero-order valence-electron chi connectivity index (χ0n) is 26.8. The van der Waals surface area contributed by atoms with Gasteiger partial charge in [0.05, 0.1) is 12.3 Å². The van der Waals surface area contributed by atoms with E-state index in [9.17, 15) is 14.4 Å². The molecule has 2 amide bonds. The Bertz CT molecular complexity index is 1500. The maximum Gasteiger partial charge on any atom is 0.326 e. The van der Waals surface area contributed by atoms with Crippen molar-refractivity contribution in [3.63, 3.8) is 0 Å². The van der Waals surface area contributed by atoms with Crippen LogP contribution in [0, 0.1) is 0 Å². The van der Waals surface area contributed by atoms with E-state index in [1.54, 1.807) is 29.2 Å². The fourth-order valence-electron chi connectivity index (χ4n) is 5.97. The van der Waals surface area contributed by atoms with Crippen LogP contribution in [0.3, 0.4) is 0 Å². The first kappa shape index (κ1) is 32.7. The first-order valence-corrected chi connectivity index (χ1v) is 16.3. The number of fused-ring (bicyclic) bond motifs is 1. The van der Waals surface area contributed by atoms with Crippen LogP contribution < -0.4 is 10.1 Å². The lowest BCUT2D eigenvalue weighted by atomic mass is 10.1. The first-order valence-electron chi connectivity index (χ1n) is 16.3. The Morgan fingerprint density at radius 3 is 2.37 bits per heavy atom. The molecule has 1 unspecified atom stereocenters. The number of aliphatic imine (C=N–C) groups is 1. The van der Waals surface area contributed by atoms with Gasteiger partial charge in [0.15, 0.2) is 0 Å². The van der Waals surface area contributed by atoms with Crippen LogP contribution in [-0.2, 0) is 20.9 Å². The Hall–Kier alpha value is -4.66. The number of guanidine groups is 1. The summed E-state index contributed by atoms with van der Waals surface area (Å²) < 4.78 is 11.8. The molecule has 1 fully saturated rings. The molecule has 242 valence electrons. The van der Waals surface area contributed by atoms with Crippen molar-refractivity contribution in [2.45, 2.75) is 77.0 Å². The zero-order valence-corrected chi connectivity index (χ0v) is 26.8. The van der Waals surface area contributed by atoms with E-state index in [-0.39, 0.29) is 24.3 Å². The monoisotopic (exact) mass is 624 g/mol. The number of esters is 1. The van der Waals surface area contributed by atoms with E-state index in [1.807, 2.05) is 73.5 Å². The van der Waals surface area contributed by atoms with E-state index in [0.29, 0.717) is 49.0 Å². The maximum atomic E-state index is 13.1. The van der Waals surface area contributed by atoms with Gasteiger partial charge in [-0.15, -0.1) is 0 Å². The third-order valence-electron chi connectivity index (χ3n) is 8.67. The second-order valence-corrected chi connectivity index (χ2v) is 12.0. The molecule has 0 spiro atoms. The van der Waals surface area contributed by atoms with E-state index in [4.69, 9.17) is 14.5 Å². The number of ether oxygens (including phenoxy) is 2. The minimum absolute atomic E-state index is 0.105. The highest BCUT2D eigenvalue weighted by Gasteiger charge is 2.26. The molecule has 9 heteroatoms. The minimum atomic E-state index is -0.438. The number of carbonyl (C=O) groups is 3. The number of rotatable bonds is 11. The van der Waals surface area contributed by atoms with Gasteiger partial charge in [0.25, 0.3) is 5.91 Å². The number of nitrogens with zero attached hydrogens (tertiary/aromatic N) is 3. The molecule has 3 aromatic rings. The van der Waals surface area contributed by atoms with Gasteiger partial charge in [-0.3, -0.25) is 19.7 Å². The standard InChI is InChI=1S/C37H44N4O5/c1-27(28-14-7-5-8-15-28)46-35(43)26-41-25-30-24-32(45-23-13-20-34(42)40(2)31-18-11-3-4-12-19-31)21-22-33(30)38-37(41)39-36(44)29-16-9-6-10-17-29/h5-10,14-17,21-22,24,27,31H,3-4,11-13,18-20,23,25-26H2,1-2H3,(H,38,39,44). The average molecular weight is 625 g/mol. The fraction of sp³-hybridized carbons (Fsp3) is 0.405. The molecule has 1 atom stereocenters. The summed E-state index contributed by atoms with van der Waals surface area (Å²) in [5.41, 5.74) is 2.91. The van der Waals surface area contributed by atoms with Crippen molar-refractivity contribution in [3.05, 3.63) is 95.6 Å². The molecule has 2 aliphatic rings. The molecule has 0 radical (unpaired) electrons. The summed E-state index contributed by atoms with van der Waals surface area (Å²) in [7, 11) is 1.93. The van der Waals surface area contributed by atoms with Crippen molar-refractivity contribution >= 4 is 29.4 Å². The van der Waals surface area contributed by atoms with Crippen LogP contribution in [0.15, 0.2) is 83.9 Å². The summed E-state index contributed by atoms with van der Waals surface area (Å²) in [4.78, 5) is 47.3. The van der Waals surface area contributed by atoms with Crippen LogP contribution >= 0.6 is 0 Å². The van der Waals surface area contributed by atoms with Gasteiger partial charge in [-0.2, -0.15) is 0 Å². The Labute approximate surface area is 271 Å². The number of amides is 2. The minimum Gasteiger partial charge on any atom is -0.494 e. The normalized spacial score (nSPS) is 15.5. The van der Waals surface area contributed by atoms with E-state index in [2.05, 4.69) is 5.32 Å². The van der Waals surface area contributed by atoms with E-state index >= 15 is 0 Å². The molecule has 0 bridgehead atoms. The molecule has 3 aromatic carbocycles. The van der Waals surface area contributed by atoms with E-state index < -0.39 is 12.1 Å². The molecular formula is C37H44N4O5. The van der Waals surface area contributed by atoms with Gasteiger partial charge in [0, 0.05) is 37.2 Å². The lowest BCUT2D eigenvalue weighted by molar-refractivity contribution is -0.149. The van der Waals surface area contributed by atoms with Crippen molar-refractivity contribution in [3.8, 4) is 5.75 Å². The van der Waals surface area contributed by atoms with Gasteiger partial charge in [-0.25, -0.2) is 4.99 Å². The molecular weight excluding hydrogens is 580 g/mol. The highest BCUT2D eigenvalue weighted by atomic mass is 16.5. The number of hydrogen-bond acceptors (Lipinski definition) is 7.